The summed E-state index contributed by atoms with van der Waals surface area (Å²) in [5.41, 5.74) is 7.28. The van der Waals surface area contributed by atoms with E-state index in [0.717, 1.165) is 24.2 Å². The molecule has 1 aromatic heterocycles. The van der Waals surface area contributed by atoms with Gasteiger partial charge in [-0.1, -0.05) is 81.3 Å². The minimum atomic E-state index is 1.04. The first kappa shape index (κ1) is 18.4. The van der Waals surface area contributed by atoms with Crippen LogP contribution in [0.3, 0.4) is 0 Å². The van der Waals surface area contributed by atoms with Crippen LogP contribution < -0.4 is 0 Å². The van der Waals surface area contributed by atoms with Crippen molar-refractivity contribution in [2.45, 2.75) is 52.4 Å². The lowest BCUT2D eigenvalue weighted by Crippen LogP contribution is -1.90. The second kappa shape index (κ2) is 9.33. The van der Waals surface area contributed by atoms with Crippen molar-refractivity contribution in [1.29, 1.82) is 0 Å². The van der Waals surface area contributed by atoms with Gasteiger partial charge >= 0.3 is 0 Å². The molecule has 0 aliphatic rings. The van der Waals surface area contributed by atoms with Gasteiger partial charge in [0.15, 0.2) is 0 Å². The van der Waals surface area contributed by atoms with E-state index < -0.39 is 0 Å². The molecule has 26 heavy (non-hydrogen) atoms. The Labute approximate surface area is 158 Å². The number of rotatable bonds is 8. The fourth-order valence-corrected chi connectivity index (χ4v) is 3.20. The van der Waals surface area contributed by atoms with E-state index in [1.54, 1.807) is 0 Å². The molecule has 0 radical (unpaired) electrons. The van der Waals surface area contributed by atoms with Crippen LogP contribution in [0.25, 0.3) is 22.5 Å². The molecule has 0 saturated carbocycles. The Hall–Kier alpha value is -2.41. The highest BCUT2D eigenvalue weighted by molar-refractivity contribution is 5.66. The molecule has 1 heteroatoms. The molecule has 2 aromatic carbocycles. The van der Waals surface area contributed by atoms with Crippen LogP contribution in [0.2, 0.25) is 0 Å². The zero-order valence-electron chi connectivity index (χ0n) is 16.0. The molecule has 0 atom stereocenters. The normalized spacial score (nSPS) is 10.8. The Kier molecular flexibility index (Phi) is 6.60. The molecule has 0 aliphatic carbocycles. The van der Waals surface area contributed by atoms with Crippen molar-refractivity contribution in [2.24, 2.45) is 0 Å². The predicted octanol–water partition coefficient (Wildman–Crippen LogP) is 7.10. The van der Waals surface area contributed by atoms with Crippen molar-refractivity contribution >= 4 is 0 Å². The number of unbranched alkanes of at least 4 members (excludes halogenated alkanes) is 2. The number of aryl methyl sites for hydroxylation is 2. The summed E-state index contributed by atoms with van der Waals surface area (Å²) in [7, 11) is 0. The van der Waals surface area contributed by atoms with E-state index in [1.165, 1.54) is 47.9 Å². The van der Waals surface area contributed by atoms with Crippen LogP contribution in [0.4, 0.5) is 0 Å². The van der Waals surface area contributed by atoms with Crippen molar-refractivity contribution in [1.82, 2.24) is 4.98 Å². The molecule has 134 valence electrons. The maximum Gasteiger partial charge on any atom is 0.0709 e. The van der Waals surface area contributed by atoms with E-state index in [9.17, 15) is 0 Å². The van der Waals surface area contributed by atoms with Crippen LogP contribution in [0.15, 0.2) is 66.7 Å². The molecule has 0 amide bonds. The number of pyridine rings is 1. The first-order chi connectivity index (χ1) is 12.8. The van der Waals surface area contributed by atoms with Gasteiger partial charge in [-0.05, 0) is 48.9 Å². The van der Waals surface area contributed by atoms with Crippen molar-refractivity contribution in [3.63, 3.8) is 0 Å². The van der Waals surface area contributed by atoms with Crippen LogP contribution in [0, 0.1) is 0 Å². The predicted molar refractivity (Wildman–Crippen MR) is 112 cm³/mol. The van der Waals surface area contributed by atoms with Gasteiger partial charge in [-0.2, -0.15) is 0 Å². The molecule has 0 unspecified atom stereocenters. The molecule has 3 rings (SSSR count). The maximum absolute atomic E-state index is 4.90. The molecule has 1 nitrogen and oxygen atoms in total. The largest absolute Gasteiger partial charge is 0.248 e. The Balaban J connectivity index is 1.77. The molecule has 0 spiro atoms. The Bertz CT molecular complexity index is 734. The second-order valence-corrected chi connectivity index (χ2v) is 7.01. The third-order valence-electron chi connectivity index (χ3n) is 4.89. The zero-order valence-corrected chi connectivity index (χ0v) is 16.0. The van der Waals surface area contributed by atoms with Gasteiger partial charge in [0.05, 0.1) is 11.4 Å². The lowest BCUT2D eigenvalue weighted by atomic mass is 10.0. The molecule has 3 aromatic rings. The Morgan fingerprint density at radius 3 is 1.38 bits per heavy atom. The van der Waals surface area contributed by atoms with Crippen molar-refractivity contribution < 1.29 is 0 Å². The molecular formula is C25H29N. The van der Waals surface area contributed by atoms with Crippen LogP contribution in [0.5, 0.6) is 0 Å². The van der Waals surface area contributed by atoms with E-state index in [-0.39, 0.29) is 0 Å². The smallest absolute Gasteiger partial charge is 0.0709 e. The molecular weight excluding hydrogens is 314 g/mol. The Morgan fingerprint density at radius 2 is 1.00 bits per heavy atom. The van der Waals surface area contributed by atoms with E-state index in [0.29, 0.717) is 0 Å². The number of hydrogen-bond donors (Lipinski definition) is 0. The maximum atomic E-state index is 4.90. The first-order valence-electron chi connectivity index (χ1n) is 9.96. The standard InChI is InChI=1S/C25H29N/c1-3-5-8-20-12-16-22(17-13-20)24-10-7-11-25(26-24)23-18-14-21(15-19-23)9-6-4-2/h7,10-19H,3-6,8-9H2,1-2H3. The van der Waals surface area contributed by atoms with Gasteiger partial charge in [0.1, 0.15) is 0 Å². The highest BCUT2D eigenvalue weighted by Gasteiger charge is 2.04. The topological polar surface area (TPSA) is 12.9 Å². The minimum Gasteiger partial charge on any atom is -0.248 e. The summed E-state index contributed by atoms with van der Waals surface area (Å²) in [6.45, 7) is 4.47. The van der Waals surface area contributed by atoms with Crippen LogP contribution in [-0.4, -0.2) is 4.98 Å². The highest BCUT2D eigenvalue weighted by Crippen LogP contribution is 2.24. The van der Waals surface area contributed by atoms with Gasteiger partial charge in [-0.15, -0.1) is 0 Å². The van der Waals surface area contributed by atoms with E-state index >= 15 is 0 Å². The number of benzene rings is 2. The van der Waals surface area contributed by atoms with Gasteiger partial charge < -0.3 is 0 Å². The number of aromatic nitrogens is 1. The van der Waals surface area contributed by atoms with Gasteiger partial charge in [-0.3, -0.25) is 0 Å². The number of hydrogen-bond acceptors (Lipinski definition) is 1. The van der Waals surface area contributed by atoms with Gasteiger partial charge in [0.2, 0.25) is 0 Å². The second-order valence-electron chi connectivity index (χ2n) is 7.01. The summed E-state index contributed by atoms with van der Waals surface area (Å²) < 4.78 is 0. The fourth-order valence-electron chi connectivity index (χ4n) is 3.20. The van der Waals surface area contributed by atoms with Crippen molar-refractivity contribution in [3.05, 3.63) is 77.9 Å². The van der Waals surface area contributed by atoms with Gasteiger partial charge in [-0.25, -0.2) is 4.98 Å². The van der Waals surface area contributed by atoms with E-state index in [4.69, 9.17) is 4.98 Å². The Morgan fingerprint density at radius 1 is 0.577 bits per heavy atom. The summed E-state index contributed by atoms with van der Waals surface area (Å²) in [6.07, 6.45) is 7.30. The SMILES string of the molecule is CCCCc1ccc(-c2cccc(-c3ccc(CCCC)cc3)n2)cc1. The minimum absolute atomic E-state index is 1.04. The molecule has 0 fully saturated rings. The van der Waals surface area contributed by atoms with Crippen molar-refractivity contribution in [2.75, 3.05) is 0 Å². The lowest BCUT2D eigenvalue weighted by Gasteiger charge is -2.07. The molecule has 1 heterocycles. The van der Waals surface area contributed by atoms with Gasteiger partial charge in [0, 0.05) is 11.1 Å². The highest BCUT2D eigenvalue weighted by atomic mass is 14.7. The number of nitrogens with zero attached hydrogens (tertiary/aromatic N) is 1. The fraction of sp³-hybridized carbons (Fsp3) is 0.320. The average molecular weight is 344 g/mol. The third kappa shape index (κ3) is 4.82. The van der Waals surface area contributed by atoms with Crippen LogP contribution >= 0.6 is 0 Å². The summed E-state index contributed by atoms with van der Waals surface area (Å²) in [4.78, 5) is 4.90. The van der Waals surface area contributed by atoms with Crippen molar-refractivity contribution in [3.8, 4) is 22.5 Å². The average Bonchev–Trinajstić information content (AvgIpc) is 2.71. The van der Waals surface area contributed by atoms with Gasteiger partial charge in [0.25, 0.3) is 0 Å². The van der Waals surface area contributed by atoms with E-state index in [2.05, 4.69) is 80.6 Å². The monoisotopic (exact) mass is 343 g/mol. The molecule has 0 aliphatic heterocycles. The van der Waals surface area contributed by atoms with Crippen LogP contribution in [-0.2, 0) is 12.8 Å². The summed E-state index contributed by atoms with van der Waals surface area (Å²) >= 11 is 0. The third-order valence-corrected chi connectivity index (χ3v) is 4.89. The lowest BCUT2D eigenvalue weighted by molar-refractivity contribution is 0.795. The first-order valence-corrected chi connectivity index (χ1v) is 9.96. The van der Waals surface area contributed by atoms with Crippen LogP contribution in [0.1, 0.15) is 50.7 Å². The summed E-state index contributed by atoms with van der Waals surface area (Å²) in [5, 5.41) is 0. The zero-order chi connectivity index (χ0) is 18.2. The summed E-state index contributed by atoms with van der Waals surface area (Å²) in [5.74, 6) is 0. The molecule has 0 saturated heterocycles. The quantitative estimate of drug-likeness (QED) is 0.425. The van der Waals surface area contributed by atoms with E-state index in [1.807, 2.05) is 0 Å². The summed E-state index contributed by atoms with van der Waals surface area (Å²) in [6, 6.07) is 24.0. The molecule has 0 N–H and O–H groups in total. The molecule has 0 bridgehead atoms.